The summed E-state index contributed by atoms with van der Waals surface area (Å²) in [6.45, 7) is 15.8. The van der Waals surface area contributed by atoms with Crippen molar-refractivity contribution in [1.29, 1.82) is 0 Å². The van der Waals surface area contributed by atoms with E-state index in [9.17, 15) is 5.11 Å². The van der Waals surface area contributed by atoms with E-state index < -0.39 is 24.4 Å². The maximum Gasteiger partial charge on any atom is 0.147 e. The molecule has 9 nitrogen and oxygen atoms in total. The number of hydrogen-bond donors (Lipinski definition) is 1. The molecule has 2 unspecified atom stereocenters. The Hall–Kier alpha value is -5.88. The van der Waals surface area contributed by atoms with Crippen molar-refractivity contribution in [2.45, 2.75) is 110 Å². The molecule has 0 radical (unpaired) electrons. The topological polar surface area (TPSA) is 82.4 Å². The van der Waals surface area contributed by atoms with E-state index in [1.165, 1.54) is 66.3 Å². The molecule has 13 heteroatoms. The second kappa shape index (κ2) is 25.8. The van der Waals surface area contributed by atoms with Crippen LogP contribution in [-0.4, -0.2) is 71.6 Å². The third kappa shape index (κ3) is 14.5. The van der Waals surface area contributed by atoms with Gasteiger partial charge >= 0.3 is 0 Å². The Labute approximate surface area is 459 Å². The van der Waals surface area contributed by atoms with Gasteiger partial charge in [-0.1, -0.05) is 105 Å². The number of phenolic OH excluding ortho intramolecular Hbond substituents is 1. The van der Waals surface area contributed by atoms with E-state index in [0.29, 0.717) is 12.4 Å². The van der Waals surface area contributed by atoms with E-state index in [0.717, 1.165) is 52.5 Å². The van der Waals surface area contributed by atoms with Crippen molar-refractivity contribution >= 4 is 55.4 Å². The highest BCUT2D eigenvalue weighted by Gasteiger charge is 2.42. The highest BCUT2D eigenvalue weighted by atomic mass is 32.4. The van der Waals surface area contributed by atoms with E-state index in [1.54, 1.807) is 41.5 Å². The molecule has 0 saturated heterocycles. The summed E-state index contributed by atoms with van der Waals surface area (Å²) in [5, 5.41) is 17.5. The van der Waals surface area contributed by atoms with Crippen molar-refractivity contribution in [2.75, 3.05) is 38.7 Å². The minimum Gasteiger partial charge on any atom is -0.508 e. The number of hydrazone groups is 2. The van der Waals surface area contributed by atoms with Gasteiger partial charge in [-0.05, 0) is 197 Å². The Morgan fingerprint density at radius 1 is 0.613 bits per heavy atom. The van der Waals surface area contributed by atoms with Gasteiger partial charge in [-0.25, -0.2) is 0 Å². The minimum atomic E-state index is -1.69. The van der Waals surface area contributed by atoms with Gasteiger partial charge < -0.3 is 24.2 Å². The summed E-state index contributed by atoms with van der Waals surface area (Å²) < 4.78 is 22.7. The minimum absolute atomic E-state index is 0.0513. The van der Waals surface area contributed by atoms with Crippen molar-refractivity contribution in [1.82, 2.24) is 9.56 Å². The molecule has 0 aromatic heterocycles. The summed E-state index contributed by atoms with van der Waals surface area (Å²) in [6, 6.07) is 44.9. The van der Waals surface area contributed by atoms with Crippen LogP contribution in [0.2, 0.25) is 0 Å². The summed E-state index contributed by atoms with van der Waals surface area (Å²) in [7, 11) is 3.77. The van der Waals surface area contributed by atoms with Crippen LogP contribution in [0.5, 0.6) is 23.0 Å². The zero-order valence-electron chi connectivity index (χ0n) is 45.4. The number of ether oxygens (including phenoxy) is 3. The Kier molecular flexibility index (Phi) is 19.5. The highest BCUT2D eigenvalue weighted by Crippen LogP contribution is 2.54. The largest absolute Gasteiger partial charge is 0.508 e. The van der Waals surface area contributed by atoms with Crippen LogP contribution < -0.4 is 19.1 Å². The van der Waals surface area contributed by atoms with Gasteiger partial charge in [0.05, 0.1) is 32.7 Å². The van der Waals surface area contributed by atoms with E-state index >= 15 is 0 Å². The van der Waals surface area contributed by atoms with Gasteiger partial charge in [0.1, 0.15) is 40.3 Å². The van der Waals surface area contributed by atoms with Gasteiger partial charge in [0.2, 0.25) is 0 Å². The number of hydrogen-bond acceptors (Lipinski definition) is 9. The summed E-state index contributed by atoms with van der Waals surface area (Å²) in [6.07, 6.45) is 10.7. The van der Waals surface area contributed by atoms with Gasteiger partial charge in [0.25, 0.3) is 0 Å². The van der Waals surface area contributed by atoms with Crippen LogP contribution >= 0.6 is 13.7 Å². The summed E-state index contributed by atoms with van der Waals surface area (Å²) in [4.78, 5) is 2.32. The molecule has 6 aromatic rings. The Morgan fingerprint density at radius 2 is 1.08 bits per heavy atom. The lowest BCUT2D eigenvalue weighted by Gasteiger charge is -2.33. The van der Waals surface area contributed by atoms with Crippen molar-refractivity contribution in [2.24, 2.45) is 10.2 Å². The molecule has 7 rings (SSSR count). The first-order valence-electron chi connectivity index (χ1n) is 26.2. The number of likely N-dealkylation sites (N-methyl/N-ethyl adjacent to an activating group) is 1. The second-order valence-corrected chi connectivity index (χ2v) is 27.6. The molecule has 2 atom stereocenters. The third-order valence-electron chi connectivity index (χ3n) is 13.7. The smallest absolute Gasteiger partial charge is 0.147 e. The molecule has 75 heavy (non-hydrogen) atoms. The van der Waals surface area contributed by atoms with Crippen molar-refractivity contribution < 1.29 is 19.3 Å². The number of fused-ring (bicyclic) bond motifs is 3. The quantitative estimate of drug-likeness (QED) is 0.0276. The number of unbranched alkanes of at least 4 members (excludes halogenated alkanes) is 2. The average Bonchev–Trinajstić information content (AvgIpc) is 3.67. The molecule has 0 aliphatic heterocycles. The molecule has 6 aromatic carbocycles. The predicted octanol–water partition coefficient (Wildman–Crippen LogP) is 15.0. The van der Waals surface area contributed by atoms with Crippen molar-refractivity contribution in [3.63, 3.8) is 0 Å². The summed E-state index contributed by atoms with van der Waals surface area (Å²) in [5.41, 5.74) is 12.1. The zero-order chi connectivity index (χ0) is 53.8. The summed E-state index contributed by atoms with van der Waals surface area (Å²) in [5.74, 6) is 9.42. The monoisotopic (exact) mass is 1080 g/mol. The lowest BCUT2D eigenvalue weighted by atomic mass is 9.70. The third-order valence-corrected chi connectivity index (χ3v) is 22.0. The van der Waals surface area contributed by atoms with Crippen LogP contribution in [0, 0.1) is 18.8 Å². The number of benzene rings is 6. The number of aryl methyl sites for hydroxylation is 1. The Balaban J connectivity index is 0.878. The molecule has 0 spiro atoms. The molecule has 0 amide bonds. The van der Waals surface area contributed by atoms with Crippen LogP contribution in [0.25, 0.3) is 11.1 Å². The molecule has 0 bridgehead atoms. The Morgan fingerprint density at radius 3 is 1.61 bits per heavy atom. The predicted molar refractivity (Wildman–Crippen MR) is 325 cm³/mol. The SMILES string of the molecule is CCCCC1(CCCC)c2cc(C)ccc2-c2ccc(C#Cc3ccc(N(CC)CCOc4ccc(OC(C)(C)[PH](=S)N(C)N=Cc5ccc(OC(C)(C)[PH](=S)N(C)N=Cc6ccc(O)cc6)cc5)cc4)cc3)cc21. The maximum absolute atomic E-state index is 9.56. The van der Waals surface area contributed by atoms with E-state index in [4.69, 9.17) is 42.9 Å². The molecule has 1 aliphatic rings. The zero-order valence-corrected chi connectivity index (χ0v) is 49.1. The molecule has 394 valence electrons. The van der Waals surface area contributed by atoms with Crippen LogP contribution in [-0.2, 0) is 29.0 Å². The highest BCUT2D eigenvalue weighted by molar-refractivity contribution is 8.04. The van der Waals surface area contributed by atoms with Gasteiger partial charge in [0.15, 0.2) is 0 Å². The van der Waals surface area contributed by atoms with Crippen molar-refractivity contribution in [3.05, 3.63) is 172 Å². The van der Waals surface area contributed by atoms with Crippen molar-refractivity contribution in [3.8, 4) is 46.0 Å². The molecule has 1 aliphatic carbocycles. The first-order valence-corrected chi connectivity index (χ1v) is 31.4. The second-order valence-electron chi connectivity index (χ2n) is 20.3. The first-order chi connectivity index (χ1) is 35.9. The lowest BCUT2D eigenvalue weighted by Crippen LogP contribution is -2.28. The van der Waals surface area contributed by atoms with Gasteiger partial charge in [-0.15, -0.1) is 0 Å². The van der Waals surface area contributed by atoms with Gasteiger partial charge in [-0.3, -0.25) is 9.56 Å². The van der Waals surface area contributed by atoms with Crippen LogP contribution in [0.15, 0.2) is 144 Å². The fourth-order valence-electron chi connectivity index (χ4n) is 9.60. The molecule has 0 fully saturated rings. The van der Waals surface area contributed by atoms with Crippen LogP contribution in [0.4, 0.5) is 5.69 Å². The van der Waals surface area contributed by atoms with Gasteiger partial charge in [0, 0.05) is 42.9 Å². The molecular weight excluding hydrogens is 1000 g/mol. The fraction of sp³-hybridized carbons (Fsp3) is 0.355. The standard InChI is InChI=1S/C62H75N5O4P2S2/c1-11-14-38-62(39-15-12-2)58-42-46(4)16-36-56(58)57-37-25-48(43-59(57)62)18-17-47-19-26-51(27-20-47)67(13-3)40-41-69-53-32-34-55(35-33-53)71-61(7,8)73(75)66(10)64-45-50-23-30-54(31-24-50)70-60(5,6)72(74)65(9)63-44-49-21-28-52(68)29-22-49/h16,19-37,42-45,68,72-73H,11-15,38-41H2,1-10H3. The number of rotatable bonds is 24. The number of anilines is 1. The summed E-state index contributed by atoms with van der Waals surface area (Å²) >= 11 is 12.0. The molecule has 0 saturated carbocycles. The maximum atomic E-state index is 9.56. The van der Waals surface area contributed by atoms with E-state index in [-0.39, 0.29) is 11.2 Å². The van der Waals surface area contributed by atoms with E-state index in [2.05, 4.69) is 110 Å². The number of aromatic hydroxyl groups is 1. The van der Waals surface area contributed by atoms with E-state index in [1.807, 2.05) is 95.1 Å². The number of phenols is 1. The van der Waals surface area contributed by atoms with Crippen LogP contribution in [0.3, 0.4) is 0 Å². The first kappa shape index (κ1) is 56.8. The Bertz CT molecular complexity index is 3030. The molecular formula is C62H75N5O4P2S2. The number of nitrogens with zero attached hydrogens (tertiary/aromatic N) is 5. The van der Waals surface area contributed by atoms with Crippen LogP contribution in [0.1, 0.15) is 126 Å². The normalized spacial score (nSPS) is 13.6. The fourth-order valence-corrected chi connectivity index (χ4v) is 12.4. The molecule has 0 heterocycles. The lowest BCUT2D eigenvalue weighted by molar-refractivity contribution is 0.196. The van der Waals surface area contributed by atoms with Gasteiger partial charge in [-0.2, -0.15) is 10.2 Å². The average molecular weight is 1080 g/mol. The molecule has 1 N–H and O–H groups in total.